The fourth-order valence-corrected chi connectivity index (χ4v) is 3.40. The molecule has 0 bridgehead atoms. The number of hydrogen-bond acceptors (Lipinski definition) is 3. The molecule has 110 valence electrons. The van der Waals surface area contributed by atoms with Gasteiger partial charge in [0, 0.05) is 31.1 Å². The van der Waals surface area contributed by atoms with Gasteiger partial charge in [0.15, 0.2) is 0 Å². The molecular formula is C16H23FN2O. The van der Waals surface area contributed by atoms with Crippen molar-refractivity contribution in [1.82, 2.24) is 4.90 Å². The number of fused-ring (bicyclic) bond motifs is 1. The standard InChI is InChI=1S/C16H23FN2O/c1-2-11-9-19(6-5-15(11)18)10-14-8-12-7-13(17)3-4-16(12)20-14/h3-4,7,11,14-15H,2,5-6,8-10,18H2,1H3. The molecule has 2 aliphatic rings. The molecule has 3 atom stereocenters. The van der Waals surface area contributed by atoms with E-state index in [1.807, 2.05) is 0 Å². The second-order valence-corrected chi connectivity index (χ2v) is 6.08. The van der Waals surface area contributed by atoms with Crippen molar-refractivity contribution < 1.29 is 9.13 Å². The van der Waals surface area contributed by atoms with E-state index >= 15 is 0 Å². The number of rotatable bonds is 3. The van der Waals surface area contributed by atoms with Gasteiger partial charge in [-0.15, -0.1) is 0 Å². The summed E-state index contributed by atoms with van der Waals surface area (Å²) in [5, 5.41) is 0. The van der Waals surface area contributed by atoms with Crippen LogP contribution in [0.1, 0.15) is 25.3 Å². The van der Waals surface area contributed by atoms with Crippen molar-refractivity contribution in [3.05, 3.63) is 29.6 Å². The molecule has 0 spiro atoms. The van der Waals surface area contributed by atoms with E-state index in [9.17, 15) is 4.39 Å². The molecular weight excluding hydrogens is 255 g/mol. The Kier molecular flexibility index (Phi) is 3.94. The molecule has 0 aromatic heterocycles. The van der Waals surface area contributed by atoms with Gasteiger partial charge in [0.05, 0.1) is 0 Å². The second-order valence-electron chi connectivity index (χ2n) is 6.08. The zero-order valence-electron chi connectivity index (χ0n) is 12.0. The van der Waals surface area contributed by atoms with E-state index in [1.54, 1.807) is 12.1 Å². The van der Waals surface area contributed by atoms with E-state index < -0.39 is 0 Å². The number of piperidine rings is 1. The van der Waals surface area contributed by atoms with Gasteiger partial charge in [-0.25, -0.2) is 4.39 Å². The zero-order chi connectivity index (χ0) is 14.1. The predicted octanol–water partition coefficient (Wildman–Crippen LogP) is 2.19. The first kappa shape index (κ1) is 13.8. The first-order valence-electron chi connectivity index (χ1n) is 7.58. The van der Waals surface area contributed by atoms with Crippen LogP contribution in [-0.4, -0.2) is 36.7 Å². The SMILES string of the molecule is CCC1CN(CC2Cc3cc(F)ccc3O2)CCC1N. The first-order valence-corrected chi connectivity index (χ1v) is 7.58. The van der Waals surface area contributed by atoms with Crippen LogP contribution in [0.5, 0.6) is 5.75 Å². The number of nitrogens with two attached hydrogens (primary N) is 1. The molecule has 2 aliphatic heterocycles. The Hall–Kier alpha value is -1.13. The van der Waals surface area contributed by atoms with Crippen LogP contribution in [0.25, 0.3) is 0 Å². The average Bonchev–Trinajstić information content (AvgIpc) is 2.82. The largest absolute Gasteiger partial charge is 0.488 e. The van der Waals surface area contributed by atoms with Gasteiger partial charge in [-0.2, -0.15) is 0 Å². The monoisotopic (exact) mass is 278 g/mol. The Bertz CT molecular complexity index is 480. The van der Waals surface area contributed by atoms with E-state index in [0.717, 1.165) is 50.2 Å². The number of hydrogen-bond donors (Lipinski definition) is 1. The van der Waals surface area contributed by atoms with Crippen molar-refractivity contribution in [2.24, 2.45) is 11.7 Å². The summed E-state index contributed by atoms with van der Waals surface area (Å²) in [6, 6.07) is 5.14. The Balaban J connectivity index is 1.58. The maximum atomic E-state index is 13.2. The molecule has 3 unspecified atom stereocenters. The molecule has 1 aromatic carbocycles. The number of benzene rings is 1. The minimum atomic E-state index is -0.178. The first-order chi connectivity index (χ1) is 9.65. The third kappa shape index (κ3) is 2.81. The maximum Gasteiger partial charge on any atom is 0.123 e. The lowest BCUT2D eigenvalue weighted by molar-refractivity contribution is 0.0994. The lowest BCUT2D eigenvalue weighted by Gasteiger charge is -2.37. The summed E-state index contributed by atoms with van der Waals surface area (Å²) in [5.41, 5.74) is 7.14. The van der Waals surface area contributed by atoms with Crippen LogP contribution < -0.4 is 10.5 Å². The van der Waals surface area contributed by atoms with Crippen LogP contribution in [0, 0.1) is 11.7 Å². The normalized spacial score (nSPS) is 30.1. The molecule has 0 amide bonds. The number of likely N-dealkylation sites (tertiary alicyclic amines) is 1. The molecule has 4 heteroatoms. The van der Waals surface area contributed by atoms with Gasteiger partial charge < -0.3 is 10.5 Å². The van der Waals surface area contributed by atoms with Gasteiger partial charge >= 0.3 is 0 Å². The number of ether oxygens (including phenoxy) is 1. The number of nitrogens with zero attached hydrogens (tertiary/aromatic N) is 1. The van der Waals surface area contributed by atoms with E-state index in [4.69, 9.17) is 10.5 Å². The lowest BCUT2D eigenvalue weighted by atomic mass is 9.90. The minimum absolute atomic E-state index is 0.152. The highest BCUT2D eigenvalue weighted by Crippen LogP contribution is 2.30. The van der Waals surface area contributed by atoms with E-state index in [-0.39, 0.29) is 11.9 Å². The van der Waals surface area contributed by atoms with Crippen molar-refractivity contribution in [2.75, 3.05) is 19.6 Å². The molecule has 3 nitrogen and oxygen atoms in total. The zero-order valence-corrected chi connectivity index (χ0v) is 12.0. The van der Waals surface area contributed by atoms with E-state index in [0.29, 0.717) is 12.0 Å². The van der Waals surface area contributed by atoms with E-state index in [1.165, 1.54) is 6.07 Å². The molecule has 2 N–H and O–H groups in total. The number of halogens is 1. The van der Waals surface area contributed by atoms with Gasteiger partial charge in [0.25, 0.3) is 0 Å². The van der Waals surface area contributed by atoms with E-state index in [2.05, 4.69) is 11.8 Å². The summed E-state index contributed by atoms with van der Waals surface area (Å²) < 4.78 is 19.1. The van der Waals surface area contributed by atoms with Crippen LogP contribution in [0.4, 0.5) is 4.39 Å². The van der Waals surface area contributed by atoms with Crippen molar-refractivity contribution in [3.8, 4) is 5.75 Å². The Morgan fingerprint density at radius 1 is 1.45 bits per heavy atom. The van der Waals surface area contributed by atoms with Crippen LogP contribution in [0.2, 0.25) is 0 Å². The topological polar surface area (TPSA) is 38.5 Å². The molecule has 1 saturated heterocycles. The fourth-order valence-electron chi connectivity index (χ4n) is 3.40. The highest BCUT2D eigenvalue weighted by Gasteiger charge is 2.30. The Morgan fingerprint density at radius 3 is 3.10 bits per heavy atom. The van der Waals surface area contributed by atoms with Crippen molar-refractivity contribution in [3.63, 3.8) is 0 Å². The summed E-state index contributed by atoms with van der Waals surface area (Å²) >= 11 is 0. The predicted molar refractivity (Wildman–Crippen MR) is 77.3 cm³/mol. The third-order valence-electron chi connectivity index (χ3n) is 4.63. The Labute approximate surface area is 119 Å². The van der Waals surface area contributed by atoms with Gasteiger partial charge in [-0.3, -0.25) is 4.90 Å². The average molecular weight is 278 g/mol. The summed E-state index contributed by atoms with van der Waals surface area (Å²) in [7, 11) is 0. The van der Waals surface area contributed by atoms with Crippen molar-refractivity contribution in [2.45, 2.75) is 38.3 Å². The second kappa shape index (κ2) is 5.70. The highest BCUT2D eigenvalue weighted by molar-refractivity contribution is 5.37. The maximum absolute atomic E-state index is 13.2. The van der Waals surface area contributed by atoms with Gasteiger partial charge in [0.2, 0.25) is 0 Å². The minimum Gasteiger partial charge on any atom is -0.488 e. The lowest BCUT2D eigenvalue weighted by Crippen LogP contribution is -2.49. The summed E-state index contributed by atoms with van der Waals surface area (Å²) in [5.74, 6) is 1.25. The van der Waals surface area contributed by atoms with Crippen LogP contribution in [-0.2, 0) is 6.42 Å². The van der Waals surface area contributed by atoms with Gasteiger partial charge in [-0.05, 0) is 37.1 Å². The molecule has 0 aliphatic carbocycles. The summed E-state index contributed by atoms with van der Waals surface area (Å²) in [6.07, 6.45) is 3.16. The Morgan fingerprint density at radius 2 is 2.30 bits per heavy atom. The smallest absolute Gasteiger partial charge is 0.123 e. The van der Waals surface area contributed by atoms with Crippen molar-refractivity contribution in [1.29, 1.82) is 0 Å². The molecule has 2 heterocycles. The molecule has 1 aromatic rings. The van der Waals surface area contributed by atoms with Crippen LogP contribution in [0.15, 0.2) is 18.2 Å². The molecule has 20 heavy (non-hydrogen) atoms. The quantitative estimate of drug-likeness (QED) is 0.921. The molecule has 3 rings (SSSR count). The molecule has 0 saturated carbocycles. The molecule has 1 fully saturated rings. The van der Waals surface area contributed by atoms with Crippen molar-refractivity contribution >= 4 is 0 Å². The molecule has 0 radical (unpaired) electrons. The summed E-state index contributed by atoms with van der Waals surface area (Å²) in [6.45, 7) is 5.22. The fraction of sp³-hybridized carbons (Fsp3) is 0.625. The van der Waals surface area contributed by atoms with Gasteiger partial charge in [0.1, 0.15) is 17.7 Å². The van der Waals surface area contributed by atoms with Crippen LogP contribution in [0.3, 0.4) is 0 Å². The van der Waals surface area contributed by atoms with Crippen LogP contribution >= 0.6 is 0 Å². The third-order valence-corrected chi connectivity index (χ3v) is 4.63. The van der Waals surface area contributed by atoms with Gasteiger partial charge in [-0.1, -0.05) is 13.3 Å². The summed E-state index contributed by atoms with van der Waals surface area (Å²) in [4.78, 5) is 2.45. The highest BCUT2D eigenvalue weighted by atomic mass is 19.1.